The zero-order chi connectivity index (χ0) is 29.1. The van der Waals surface area contributed by atoms with Crippen LogP contribution in [0.3, 0.4) is 0 Å². The fraction of sp³-hybridized carbons (Fsp3) is 0.344. The van der Waals surface area contributed by atoms with Gasteiger partial charge in [0.1, 0.15) is 10.2 Å². The average Bonchev–Trinajstić information content (AvgIpc) is 3.21. The molecule has 1 aromatic heterocycles. The summed E-state index contributed by atoms with van der Waals surface area (Å²) in [5.74, 6) is -1.00. The molecule has 2 aromatic carbocycles. The molecule has 0 unspecified atom stereocenters. The van der Waals surface area contributed by atoms with E-state index in [0.717, 1.165) is 22.9 Å². The quantitative estimate of drug-likeness (QED) is 0.382. The van der Waals surface area contributed by atoms with Crippen LogP contribution in [-0.4, -0.2) is 35.6 Å². The number of thioether (sulfide) groups is 1. The molecule has 0 spiro atoms. The summed E-state index contributed by atoms with van der Waals surface area (Å²) in [6, 6.07) is 15.7. The fourth-order valence-electron chi connectivity index (χ4n) is 4.69. The second-order valence-corrected chi connectivity index (χ2v) is 11.4. The minimum atomic E-state index is -0.786. The Bertz CT molecular complexity index is 1550. The van der Waals surface area contributed by atoms with Crippen molar-refractivity contribution in [3.63, 3.8) is 0 Å². The summed E-state index contributed by atoms with van der Waals surface area (Å²) in [7, 11) is 0. The predicted molar refractivity (Wildman–Crippen MR) is 160 cm³/mol. The van der Waals surface area contributed by atoms with E-state index < -0.39 is 17.2 Å². The van der Waals surface area contributed by atoms with Gasteiger partial charge < -0.3 is 15.2 Å². The van der Waals surface area contributed by atoms with Crippen molar-refractivity contribution in [2.45, 2.75) is 58.6 Å². The number of nitrogens with two attached hydrogens (primary N) is 1. The van der Waals surface area contributed by atoms with Crippen LogP contribution in [0.5, 0.6) is 0 Å². The number of nitrogens with zero attached hydrogens (tertiary/aromatic N) is 1. The summed E-state index contributed by atoms with van der Waals surface area (Å²) in [6.07, 6.45) is 1.79. The number of anilines is 1. The van der Waals surface area contributed by atoms with Crippen molar-refractivity contribution in [3.05, 3.63) is 87.0 Å². The van der Waals surface area contributed by atoms with Crippen LogP contribution in [0.4, 0.5) is 5.69 Å². The Morgan fingerprint density at radius 3 is 1.95 bits per heavy atom. The van der Waals surface area contributed by atoms with Crippen molar-refractivity contribution >= 4 is 46.3 Å². The Kier molecular flexibility index (Phi) is 8.88. The van der Waals surface area contributed by atoms with Crippen LogP contribution >= 0.6 is 11.8 Å². The van der Waals surface area contributed by atoms with E-state index in [0.29, 0.717) is 22.6 Å². The highest BCUT2D eigenvalue weighted by atomic mass is 32.2. The third kappa shape index (κ3) is 5.59. The van der Waals surface area contributed by atoms with Gasteiger partial charge >= 0.3 is 11.9 Å². The van der Waals surface area contributed by atoms with E-state index in [1.165, 1.54) is 10.1 Å². The first-order chi connectivity index (χ1) is 19.1. The Labute approximate surface area is 239 Å². The maximum atomic E-state index is 14.1. The number of hydrogen-bond acceptors (Lipinski definition) is 7. The van der Waals surface area contributed by atoms with E-state index in [4.69, 9.17) is 15.2 Å². The molecule has 0 saturated heterocycles. The molecule has 1 aliphatic rings. The average molecular weight is 561 g/mol. The van der Waals surface area contributed by atoms with Gasteiger partial charge in [-0.2, -0.15) is 0 Å². The van der Waals surface area contributed by atoms with Gasteiger partial charge in [-0.05, 0) is 54.0 Å². The van der Waals surface area contributed by atoms with E-state index in [-0.39, 0.29) is 40.8 Å². The van der Waals surface area contributed by atoms with E-state index in [2.05, 4.69) is 27.7 Å². The van der Waals surface area contributed by atoms with Crippen LogP contribution in [0.1, 0.15) is 96.2 Å². The number of nitrogen functional groups attached to an aromatic ring is 1. The highest BCUT2D eigenvalue weighted by Gasteiger charge is 2.38. The highest BCUT2D eigenvalue weighted by Crippen LogP contribution is 2.40. The van der Waals surface area contributed by atoms with Crippen LogP contribution in [-0.2, 0) is 14.3 Å². The Morgan fingerprint density at radius 2 is 1.43 bits per heavy atom. The van der Waals surface area contributed by atoms with Gasteiger partial charge in [0.2, 0.25) is 5.91 Å². The summed E-state index contributed by atoms with van der Waals surface area (Å²) in [5, 5.41) is -0.138. The summed E-state index contributed by atoms with van der Waals surface area (Å²) >= 11 is 1.12. The number of hydrogen-bond donors (Lipinski definition) is 1. The molecule has 210 valence electrons. The maximum Gasteiger partial charge on any atom is 0.357 e. The fourth-order valence-corrected chi connectivity index (χ4v) is 5.89. The van der Waals surface area contributed by atoms with E-state index in [1.807, 2.05) is 48.5 Å². The molecular formula is C32H36N2O5S. The molecule has 0 radical (unpaired) electrons. The second-order valence-electron chi connectivity index (χ2n) is 10.3. The molecule has 0 bridgehead atoms. The van der Waals surface area contributed by atoms with Crippen molar-refractivity contribution in [2.75, 3.05) is 18.9 Å². The number of carbonyl (C=O) groups excluding carboxylic acids is 3. The normalized spacial score (nSPS) is 15.5. The SMILES string of the molecule is CCOC(=O)C1=c2/c(=C/c3ccc(C(C)C)cc3)c(N)c(C(=O)OCC)n2C(=O)[C@H](c2ccc(C(C)C)cc2)S1. The summed E-state index contributed by atoms with van der Waals surface area (Å²) < 4.78 is 12.0. The standard InChI is InChI=1S/C32H36N2O5S/c1-7-38-31(36)27-25(33)24(17-20-9-11-21(12-10-20)18(3)4)26-29(32(37)39-8-2)40-28(30(35)34(26)27)23-15-13-22(14-16-23)19(5)6/h9-19,28H,7-8,33H2,1-6H3/b24-17+/t28-/m0/s1. The second kappa shape index (κ2) is 12.2. The van der Waals surface area contributed by atoms with E-state index in [1.54, 1.807) is 19.9 Å². The Balaban J connectivity index is 2.02. The molecule has 1 aliphatic heterocycles. The molecule has 0 fully saturated rings. The molecule has 0 amide bonds. The zero-order valence-corrected chi connectivity index (χ0v) is 24.6. The molecule has 0 saturated carbocycles. The number of esters is 2. The van der Waals surface area contributed by atoms with Crippen molar-refractivity contribution in [2.24, 2.45) is 0 Å². The number of fused-ring (bicyclic) bond motifs is 1. The predicted octanol–water partition coefficient (Wildman–Crippen LogP) is 5.12. The molecule has 7 nitrogen and oxygen atoms in total. The van der Waals surface area contributed by atoms with Crippen LogP contribution in [0, 0.1) is 0 Å². The lowest BCUT2D eigenvalue weighted by Gasteiger charge is -2.24. The van der Waals surface area contributed by atoms with Gasteiger partial charge in [0, 0.05) is 5.22 Å². The lowest BCUT2D eigenvalue weighted by atomic mass is 10.0. The monoisotopic (exact) mass is 560 g/mol. The van der Waals surface area contributed by atoms with Gasteiger partial charge in [0.15, 0.2) is 5.69 Å². The van der Waals surface area contributed by atoms with E-state index in [9.17, 15) is 14.4 Å². The van der Waals surface area contributed by atoms with Crippen molar-refractivity contribution in [1.82, 2.24) is 4.57 Å². The van der Waals surface area contributed by atoms with Gasteiger partial charge in [-0.15, -0.1) is 0 Å². The molecule has 4 rings (SSSR count). The van der Waals surface area contributed by atoms with Gasteiger partial charge in [-0.1, -0.05) is 88.0 Å². The molecule has 0 aliphatic carbocycles. The molecule has 40 heavy (non-hydrogen) atoms. The molecule has 2 N–H and O–H groups in total. The molecule has 3 aromatic rings. The van der Waals surface area contributed by atoms with E-state index >= 15 is 0 Å². The largest absolute Gasteiger partial charge is 0.462 e. The third-order valence-corrected chi connectivity index (χ3v) is 8.20. The zero-order valence-electron chi connectivity index (χ0n) is 23.8. The number of benzene rings is 2. The van der Waals surface area contributed by atoms with Crippen LogP contribution in [0.25, 0.3) is 11.0 Å². The van der Waals surface area contributed by atoms with Crippen molar-refractivity contribution in [1.29, 1.82) is 0 Å². The Morgan fingerprint density at radius 1 is 0.900 bits per heavy atom. The highest BCUT2D eigenvalue weighted by molar-refractivity contribution is 8.10. The van der Waals surface area contributed by atoms with Gasteiger partial charge in [0.05, 0.1) is 24.3 Å². The smallest absolute Gasteiger partial charge is 0.357 e. The lowest BCUT2D eigenvalue weighted by molar-refractivity contribution is -0.135. The van der Waals surface area contributed by atoms with Gasteiger partial charge in [-0.25, -0.2) is 9.59 Å². The lowest BCUT2D eigenvalue weighted by Crippen LogP contribution is -2.42. The summed E-state index contributed by atoms with van der Waals surface area (Å²) in [6.45, 7) is 12.1. The minimum absolute atomic E-state index is 0.0768. The maximum absolute atomic E-state index is 14.1. The van der Waals surface area contributed by atoms with Crippen LogP contribution in [0.2, 0.25) is 0 Å². The first-order valence-corrected chi connectivity index (χ1v) is 14.5. The molecule has 8 heteroatoms. The van der Waals surface area contributed by atoms with Gasteiger partial charge in [0.25, 0.3) is 0 Å². The topological polar surface area (TPSA) is 101 Å². The van der Waals surface area contributed by atoms with Crippen molar-refractivity contribution < 1.29 is 23.9 Å². The molecule has 2 heterocycles. The first-order valence-electron chi connectivity index (χ1n) is 13.6. The van der Waals surface area contributed by atoms with Crippen LogP contribution in [0.15, 0.2) is 48.5 Å². The van der Waals surface area contributed by atoms with Gasteiger partial charge in [-0.3, -0.25) is 9.36 Å². The number of aromatic nitrogens is 1. The summed E-state index contributed by atoms with van der Waals surface area (Å²) in [5.41, 5.74) is 10.4. The van der Waals surface area contributed by atoms with Crippen LogP contribution < -0.4 is 16.3 Å². The number of rotatable bonds is 8. The molecule has 1 atom stereocenters. The Hall–Kier alpha value is -3.78. The minimum Gasteiger partial charge on any atom is -0.462 e. The van der Waals surface area contributed by atoms with Crippen molar-refractivity contribution in [3.8, 4) is 0 Å². The first kappa shape index (κ1) is 29.2. The summed E-state index contributed by atoms with van der Waals surface area (Å²) in [4.78, 5) is 40.9. The number of ether oxygens (including phenoxy) is 2. The third-order valence-electron chi connectivity index (χ3n) is 6.89. The molecular weight excluding hydrogens is 524 g/mol. The number of carbonyl (C=O) groups is 3.